The van der Waals surface area contributed by atoms with Gasteiger partial charge in [-0.25, -0.2) is 0 Å². The van der Waals surface area contributed by atoms with Gasteiger partial charge in [-0.05, 0) is 6.58 Å². The van der Waals surface area contributed by atoms with Gasteiger partial charge in [0.2, 0.25) is 0 Å². The highest BCUT2D eigenvalue weighted by Crippen LogP contribution is 2.02. The molecule has 0 radical (unpaired) electrons. The van der Waals surface area contributed by atoms with Crippen molar-refractivity contribution in [3.63, 3.8) is 0 Å². The number of hydrogen-bond donors (Lipinski definition) is 1. The summed E-state index contributed by atoms with van der Waals surface area (Å²) in [6, 6.07) is 0. The lowest BCUT2D eigenvalue weighted by molar-refractivity contribution is -0.409. The maximum absolute atomic E-state index is 9.54. The summed E-state index contributed by atoms with van der Waals surface area (Å²) < 4.78 is 0. The predicted octanol–water partition coefficient (Wildman–Crippen LogP) is 0.341. The van der Waals surface area contributed by atoms with Crippen LogP contribution >= 0.6 is 11.9 Å². The molecule has 4 nitrogen and oxygen atoms in total. The van der Waals surface area contributed by atoms with Gasteiger partial charge in [-0.1, -0.05) is 0 Å². The first-order valence-electron chi connectivity index (χ1n) is 1.38. The zero-order valence-electron chi connectivity index (χ0n) is 3.46. The van der Waals surface area contributed by atoms with Gasteiger partial charge in [0, 0.05) is 11.9 Å². The van der Waals surface area contributed by atoms with Gasteiger partial charge in [-0.2, -0.15) is 0 Å². The van der Waals surface area contributed by atoms with E-state index in [1.165, 1.54) is 0 Å². The molecule has 2 N–H and O–H groups in total. The van der Waals surface area contributed by atoms with Crippen molar-refractivity contribution < 1.29 is 4.92 Å². The molecule has 0 aromatic heterocycles. The monoisotopic (exact) mass is 120 g/mol. The molecule has 0 fully saturated rings. The van der Waals surface area contributed by atoms with Crippen LogP contribution in [0.15, 0.2) is 11.6 Å². The Kier molecular flexibility index (Phi) is 2.39. The Labute approximate surface area is 44.7 Å². The fraction of sp³-hybridized carbons (Fsp3) is 0. The highest BCUT2D eigenvalue weighted by molar-refractivity contribution is 8.00. The van der Waals surface area contributed by atoms with Crippen LogP contribution < -0.4 is 5.14 Å². The molecule has 0 atom stereocenters. The highest BCUT2D eigenvalue weighted by Gasteiger charge is 2.00. The first-order valence-corrected chi connectivity index (χ1v) is 2.26. The van der Waals surface area contributed by atoms with Gasteiger partial charge in [0.25, 0.3) is 0 Å². The molecule has 0 unspecified atom stereocenters. The Morgan fingerprint density at radius 2 is 2.43 bits per heavy atom. The van der Waals surface area contributed by atoms with Crippen molar-refractivity contribution >= 4 is 11.9 Å². The van der Waals surface area contributed by atoms with Crippen LogP contribution in [0.3, 0.4) is 0 Å². The first kappa shape index (κ1) is 6.45. The van der Waals surface area contributed by atoms with Crippen molar-refractivity contribution in [1.29, 1.82) is 0 Å². The Bertz CT molecular complexity index is 102. The summed E-state index contributed by atoms with van der Waals surface area (Å²) in [7, 11) is 0. The molecular weight excluding hydrogens is 116 g/mol. The smallest absolute Gasteiger partial charge is 0.268 e. The van der Waals surface area contributed by atoms with E-state index in [2.05, 4.69) is 6.58 Å². The Morgan fingerprint density at radius 3 is 2.43 bits per heavy atom. The van der Waals surface area contributed by atoms with Crippen LogP contribution in [-0.4, -0.2) is 4.92 Å². The molecule has 0 spiro atoms. The van der Waals surface area contributed by atoms with Crippen LogP contribution in [-0.2, 0) is 0 Å². The average Bonchev–Trinajstić information content (AvgIpc) is 1.65. The second-order valence-electron chi connectivity index (χ2n) is 0.769. The van der Waals surface area contributed by atoms with Gasteiger partial charge < -0.3 is 0 Å². The second kappa shape index (κ2) is 2.59. The van der Waals surface area contributed by atoms with Gasteiger partial charge in [0.1, 0.15) is 0 Å². The van der Waals surface area contributed by atoms with Crippen molar-refractivity contribution in [2.75, 3.05) is 0 Å². The van der Waals surface area contributed by atoms with Crippen LogP contribution in [0, 0.1) is 10.1 Å². The molecule has 0 rings (SSSR count). The molecule has 0 saturated heterocycles. The molecule has 0 bridgehead atoms. The SMILES string of the molecule is C=C(SN)[N+](=O)[O-]. The molecule has 0 aromatic carbocycles. The van der Waals surface area contributed by atoms with Crippen molar-refractivity contribution in [1.82, 2.24) is 0 Å². The predicted molar refractivity (Wildman–Crippen MR) is 27.9 cm³/mol. The van der Waals surface area contributed by atoms with Crippen molar-refractivity contribution in [3.8, 4) is 0 Å². The number of hydrogen-bond acceptors (Lipinski definition) is 4. The van der Waals surface area contributed by atoms with Crippen molar-refractivity contribution in [2.24, 2.45) is 5.14 Å². The molecule has 0 aliphatic rings. The quantitative estimate of drug-likeness (QED) is 0.324. The van der Waals surface area contributed by atoms with Gasteiger partial charge in [0.05, 0.1) is 4.92 Å². The normalized spacial score (nSPS) is 8.14. The fourth-order valence-corrected chi connectivity index (χ4v) is 0.129. The summed E-state index contributed by atoms with van der Waals surface area (Å²) in [4.78, 5) is 8.90. The van der Waals surface area contributed by atoms with Crippen LogP contribution in [0.4, 0.5) is 0 Å². The largest absolute Gasteiger partial charge is 0.310 e. The molecule has 0 aliphatic carbocycles. The summed E-state index contributed by atoms with van der Waals surface area (Å²) in [6.45, 7) is 3.01. The number of nitrogens with zero attached hydrogens (tertiary/aromatic N) is 1. The van der Waals surface area contributed by atoms with Crippen LogP contribution in [0.2, 0.25) is 0 Å². The maximum Gasteiger partial charge on any atom is 0.310 e. The summed E-state index contributed by atoms with van der Waals surface area (Å²) in [5.41, 5.74) is 0. The first-order chi connectivity index (χ1) is 3.18. The van der Waals surface area contributed by atoms with Crippen molar-refractivity contribution in [3.05, 3.63) is 21.7 Å². The molecular formula is C2H4N2O2S. The molecule has 0 aliphatic heterocycles. The lowest BCUT2D eigenvalue weighted by Crippen LogP contribution is -1.94. The summed E-state index contributed by atoms with van der Waals surface area (Å²) in [6.07, 6.45) is 0. The van der Waals surface area contributed by atoms with E-state index in [0.29, 0.717) is 11.9 Å². The van der Waals surface area contributed by atoms with Gasteiger partial charge in [-0.15, -0.1) is 0 Å². The number of rotatable bonds is 2. The van der Waals surface area contributed by atoms with Crippen LogP contribution in [0.5, 0.6) is 0 Å². The molecule has 0 aromatic rings. The standard InChI is InChI=1S/C2H4N2O2S/c1-2(7-3)4(5)6/h1,3H2. The van der Waals surface area contributed by atoms with Gasteiger partial charge in [0.15, 0.2) is 0 Å². The minimum atomic E-state index is -0.634. The minimum Gasteiger partial charge on any atom is -0.268 e. The van der Waals surface area contributed by atoms with Gasteiger partial charge >= 0.3 is 5.03 Å². The molecule has 40 valence electrons. The van der Waals surface area contributed by atoms with E-state index in [-0.39, 0.29) is 5.03 Å². The van der Waals surface area contributed by atoms with Crippen molar-refractivity contribution in [2.45, 2.75) is 0 Å². The Hall–Kier alpha value is -0.550. The average molecular weight is 120 g/mol. The third-order valence-electron chi connectivity index (χ3n) is 0.340. The van der Waals surface area contributed by atoms with E-state index in [9.17, 15) is 10.1 Å². The minimum absolute atomic E-state index is 0.236. The Balaban J connectivity index is 3.58. The van der Waals surface area contributed by atoms with E-state index in [0.717, 1.165) is 0 Å². The molecule has 0 saturated carbocycles. The fourth-order valence-electron chi connectivity index (χ4n) is 0.0430. The topological polar surface area (TPSA) is 69.2 Å². The molecule has 5 heteroatoms. The molecule has 0 amide bonds. The van der Waals surface area contributed by atoms with E-state index in [1.807, 2.05) is 0 Å². The molecule has 0 heterocycles. The summed E-state index contributed by atoms with van der Waals surface area (Å²) >= 11 is 0.539. The third kappa shape index (κ3) is 2.18. The van der Waals surface area contributed by atoms with Gasteiger partial charge in [-0.3, -0.25) is 15.3 Å². The van der Waals surface area contributed by atoms with Crippen LogP contribution in [0.1, 0.15) is 0 Å². The zero-order valence-corrected chi connectivity index (χ0v) is 4.27. The van der Waals surface area contributed by atoms with E-state index < -0.39 is 4.92 Å². The van der Waals surface area contributed by atoms with E-state index in [4.69, 9.17) is 5.14 Å². The summed E-state index contributed by atoms with van der Waals surface area (Å²) in [5, 5.41) is 14.0. The van der Waals surface area contributed by atoms with E-state index >= 15 is 0 Å². The van der Waals surface area contributed by atoms with E-state index in [1.54, 1.807) is 0 Å². The lowest BCUT2D eigenvalue weighted by Gasteiger charge is -1.83. The lowest BCUT2D eigenvalue weighted by atomic mass is 11.1. The number of nitro groups is 1. The second-order valence-corrected chi connectivity index (χ2v) is 1.48. The molecule has 7 heavy (non-hydrogen) atoms. The highest BCUT2D eigenvalue weighted by atomic mass is 32.2. The summed E-state index contributed by atoms with van der Waals surface area (Å²) in [5.74, 6) is 0. The van der Waals surface area contributed by atoms with Crippen LogP contribution in [0.25, 0.3) is 0 Å². The number of nitrogens with two attached hydrogens (primary N) is 1. The zero-order chi connectivity index (χ0) is 5.86. The Morgan fingerprint density at radius 1 is 2.00 bits per heavy atom. The third-order valence-corrected chi connectivity index (χ3v) is 0.761. The maximum atomic E-state index is 9.54.